The number of hydrogen-bond donors (Lipinski definition) is 2. The van der Waals surface area contributed by atoms with Gasteiger partial charge in [0.1, 0.15) is 0 Å². The highest BCUT2D eigenvalue weighted by molar-refractivity contribution is 5.79. The van der Waals surface area contributed by atoms with Gasteiger partial charge < -0.3 is 24.8 Å². The molecule has 0 aliphatic carbocycles. The molecule has 2 atom stereocenters. The summed E-state index contributed by atoms with van der Waals surface area (Å²) in [6.07, 6.45) is 4.59. The minimum Gasteiger partial charge on any atom is -0.493 e. The van der Waals surface area contributed by atoms with Gasteiger partial charge in [-0.15, -0.1) is 0 Å². The van der Waals surface area contributed by atoms with E-state index >= 15 is 0 Å². The summed E-state index contributed by atoms with van der Waals surface area (Å²) >= 11 is 0. The molecule has 0 bridgehead atoms. The van der Waals surface area contributed by atoms with Gasteiger partial charge in [0, 0.05) is 32.7 Å². The molecule has 1 saturated heterocycles. The van der Waals surface area contributed by atoms with Crippen LogP contribution in [0.1, 0.15) is 45.6 Å². The number of nitrogens with zero attached hydrogens (tertiary/aromatic N) is 1. The molecule has 2 rings (SSSR count). The van der Waals surface area contributed by atoms with E-state index in [1.54, 1.807) is 14.2 Å². The van der Waals surface area contributed by atoms with Crippen molar-refractivity contribution < 1.29 is 14.2 Å². The highest BCUT2D eigenvalue weighted by Gasteiger charge is 2.35. The van der Waals surface area contributed by atoms with Gasteiger partial charge in [0.05, 0.1) is 20.3 Å². The molecule has 2 unspecified atom stereocenters. The number of benzene rings is 1. The van der Waals surface area contributed by atoms with Crippen molar-refractivity contribution in [2.24, 2.45) is 16.3 Å². The van der Waals surface area contributed by atoms with Crippen LogP contribution < -0.4 is 20.1 Å². The summed E-state index contributed by atoms with van der Waals surface area (Å²) in [5.74, 6) is 2.90. The Kier molecular flexibility index (Phi) is 9.08. The molecule has 1 aliphatic rings. The van der Waals surface area contributed by atoms with E-state index in [9.17, 15) is 0 Å². The smallest absolute Gasteiger partial charge is 0.190 e. The second-order valence-corrected chi connectivity index (χ2v) is 8.73. The molecule has 1 heterocycles. The lowest BCUT2D eigenvalue weighted by Gasteiger charge is -2.40. The number of methoxy groups -OCH3 is 2. The molecule has 1 aliphatic heterocycles. The first-order chi connectivity index (χ1) is 13.9. The fourth-order valence-corrected chi connectivity index (χ4v) is 3.99. The van der Waals surface area contributed by atoms with Crippen molar-refractivity contribution in [2.75, 3.05) is 41.0 Å². The zero-order valence-corrected chi connectivity index (χ0v) is 19.0. The molecule has 2 N–H and O–H groups in total. The van der Waals surface area contributed by atoms with Crippen LogP contribution in [0.5, 0.6) is 11.5 Å². The molecule has 29 heavy (non-hydrogen) atoms. The molecule has 0 radical (unpaired) electrons. The van der Waals surface area contributed by atoms with Gasteiger partial charge in [0.15, 0.2) is 17.5 Å². The van der Waals surface area contributed by atoms with Gasteiger partial charge in [0.2, 0.25) is 0 Å². The predicted molar refractivity (Wildman–Crippen MR) is 119 cm³/mol. The van der Waals surface area contributed by atoms with Crippen LogP contribution in [0.3, 0.4) is 0 Å². The van der Waals surface area contributed by atoms with E-state index in [2.05, 4.69) is 42.5 Å². The topological polar surface area (TPSA) is 64.1 Å². The summed E-state index contributed by atoms with van der Waals surface area (Å²) in [6.45, 7) is 9.41. The molecule has 1 aromatic rings. The van der Waals surface area contributed by atoms with Crippen molar-refractivity contribution in [3.8, 4) is 11.5 Å². The van der Waals surface area contributed by atoms with Gasteiger partial charge in [-0.05, 0) is 48.8 Å². The number of ether oxygens (including phenoxy) is 3. The van der Waals surface area contributed by atoms with Crippen LogP contribution in [0, 0.1) is 11.3 Å². The van der Waals surface area contributed by atoms with Crippen molar-refractivity contribution in [1.29, 1.82) is 0 Å². The van der Waals surface area contributed by atoms with Gasteiger partial charge in [0.25, 0.3) is 0 Å². The maximum absolute atomic E-state index is 6.08. The maximum Gasteiger partial charge on any atom is 0.190 e. The van der Waals surface area contributed by atoms with E-state index < -0.39 is 0 Å². The molecular weight excluding hydrogens is 366 g/mol. The molecule has 0 saturated carbocycles. The Labute approximate surface area is 176 Å². The first-order valence-electron chi connectivity index (χ1n) is 10.7. The van der Waals surface area contributed by atoms with Gasteiger partial charge in [-0.25, -0.2) is 0 Å². The molecule has 0 spiro atoms. The molecule has 1 fully saturated rings. The van der Waals surface area contributed by atoms with Gasteiger partial charge in [-0.3, -0.25) is 4.99 Å². The third-order valence-corrected chi connectivity index (χ3v) is 5.44. The van der Waals surface area contributed by atoms with E-state index in [0.29, 0.717) is 5.92 Å². The third kappa shape index (κ3) is 7.11. The van der Waals surface area contributed by atoms with Crippen LogP contribution in [0.25, 0.3) is 0 Å². The number of hydrogen-bond acceptors (Lipinski definition) is 4. The average molecular weight is 406 g/mol. The first kappa shape index (κ1) is 23.3. The Bertz CT molecular complexity index is 655. The molecule has 6 heteroatoms. The van der Waals surface area contributed by atoms with E-state index in [1.165, 1.54) is 12.0 Å². The Morgan fingerprint density at radius 2 is 1.93 bits per heavy atom. The largest absolute Gasteiger partial charge is 0.493 e. The standard InChI is InChI=1S/C23H39N3O3/c1-23(2,3)21-18(10-8-14-29-21)16-26-22(24-4)25-13-7-9-17-11-12-19(27-5)20(15-17)28-6/h11-12,15,18,21H,7-10,13-14,16H2,1-6H3,(H2,24,25,26). The lowest BCUT2D eigenvalue weighted by Crippen LogP contribution is -2.47. The van der Waals surface area contributed by atoms with E-state index in [-0.39, 0.29) is 11.5 Å². The normalized spacial score (nSPS) is 20.3. The van der Waals surface area contributed by atoms with Gasteiger partial charge in [-0.1, -0.05) is 26.8 Å². The van der Waals surface area contributed by atoms with Gasteiger partial charge in [-0.2, -0.15) is 0 Å². The Morgan fingerprint density at radius 3 is 2.59 bits per heavy atom. The Morgan fingerprint density at radius 1 is 1.17 bits per heavy atom. The molecule has 164 valence electrons. The van der Waals surface area contributed by atoms with Gasteiger partial charge >= 0.3 is 0 Å². The molecule has 6 nitrogen and oxygen atoms in total. The van der Waals surface area contributed by atoms with Crippen LogP contribution in [0.2, 0.25) is 0 Å². The number of aliphatic imine (C=N–C) groups is 1. The monoisotopic (exact) mass is 405 g/mol. The zero-order valence-electron chi connectivity index (χ0n) is 19.0. The summed E-state index contributed by atoms with van der Waals surface area (Å²) in [5.41, 5.74) is 1.39. The van der Waals surface area contributed by atoms with Crippen LogP contribution in [0.4, 0.5) is 0 Å². The number of nitrogens with one attached hydrogen (secondary N) is 2. The lowest BCUT2D eigenvalue weighted by atomic mass is 9.78. The Hall–Kier alpha value is -1.95. The van der Waals surface area contributed by atoms with E-state index in [1.807, 2.05) is 19.2 Å². The number of guanidine groups is 1. The zero-order chi connectivity index (χ0) is 21.3. The van der Waals surface area contributed by atoms with Crippen LogP contribution in [-0.2, 0) is 11.2 Å². The first-order valence-corrected chi connectivity index (χ1v) is 10.7. The Balaban J connectivity index is 1.76. The summed E-state index contributed by atoms with van der Waals surface area (Å²) < 4.78 is 16.8. The quantitative estimate of drug-likeness (QED) is 0.393. The third-order valence-electron chi connectivity index (χ3n) is 5.44. The average Bonchev–Trinajstić information content (AvgIpc) is 2.72. The second kappa shape index (κ2) is 11.3. The fourth-order valence-electron chi connectivity index (χ4n) is 3.99. The van der Waals surface area contributed by atoms with Crippen molar-refractivity contribution in [3.63, 3.8) is 0 Å². The van der Waals surface area contributed by atoms with E-state index in [4.69, 9.17) is 14.2 Å². The molecule has 1 aromatic carbocycles. The SMILES string of the molecule is CN=C(NCCCc1ccc(OC)c(OC)c1)NCC1CCCOC1C(C)(C)C. The molecule has 0 aromatic heterocycles. The maximum atomic E-state index is 6.08. The highest BCUT2D eigenvalue weighted by atomic mass is 16.5. The minimum atomic E-state index is 0.156. The molecular formula is C23H39N3O3. The van der Waals surface area contributed by atoms with Crippen molar-refractivity contribution in [3.05, 3.63) is 23.8 Å². The second-order valence-electron chi connectivity index (χ2n) is 8.73. The minimum absolute atomic E-state index is 0.156. The fraction of sp³-hybridized carbons (Fsp3) is 0.696. The van der Waals surface area contributed by atoms with Crippen molar-refractivity contribution >= 4 is 5.96 Å². The lowest BCUT2D eigenvalue weighted by molar-refractivity contribution is -0.0835. The summed E-state index contributed by atoms with van der Waals surface area (Å²) in [4.78, 5) is 4.37. The summed E-state index contributed by atoms with van der Waals surface area (Å²) in [6, 6.07) is 6.09. The van der Waals surface area contributed by atoms with Crippen molar-refractivity contribution in [2.45, 2.75) is 52.6 Å². The summed E-state index contributed by atoms with van der Waals surface area (Å²) in [5, 5.41) is 6.92. The number of rotatable bonds is 8. The van der Waals surface area contributed by atoms with Crippen LogP contribution >= 0.6 is 0 Å². The molecule has 0 amide bonds. The van der Waals surface area contributed by atoms with Crippen LogP contribution in [0.15, 0.2) is 23.2 Å². The predicted octanol–water partition coefficient (Wildman–Crippen LogP) is 3.64. The van der Waals surface area contributed by atoms with Crippen molar-refractivity contribution in [1.82, 2.24) is 10.6 Å². The summed E-state index contributed by atoms with van der Waals surface area (Å²) in [7, 11) is 5.14. The highest BCUT2D eigenvalue weighted by Crippen LogP contribution is 2.33. The van der Waals surface area contributed by atoms with Crippen LogP contribution in [-0.4, -0.2) is 53.0 Å². The van der Waals surface area contributed by atoms with E-state index in [0.717, 1.165) is 56.4 Å². The number of aryl methyl sites for hydroxylation is 1.